The predicted molar refractivity (Wildman–Crippen MR) is 118 cm³/mol. The molecule has 154 valence electrons. The first-order valence-electron chi connectivity index (χ1n) is 9.89. The minimum Gasteiger partial charge on any atom is -0.494 e. The first-order chi connectivity index (χ1) is 14.4. The topological polar surface area (TPSA) is 72.4 Å². The zero-order valence-electron chi connectivity index (χ0n) is 17.4. The average Bonchev–Trinajstić information content (AvgIpc) is 2.96. The molecule has 2 heterocycles. The first kappa shape index (κ1) is 20.3. The van der Waals surface area contributed by atoms with Gasteiger partial charge in [-0.2, -0.15) is 0 Å². The van der Waals surface area contributed by atoms with E-state index in [1.165, 1.54) is 16.7 Å². The molecule has 1 aromatic heterocycles. The van der Waals surface area contributed by atoms with Gasteiger partial charge in [-0.1, -0.05) is 29.5 Å². The zero-order valence-corrected chi connectivity index (χ0v) is 18.2. The number of fused-ring (bicyclic) bond motifs is 1. The molecular formula is C23H23N3O3S. The maximum absolute atomic E-state index is 13.0. The number of ether oxygens (including phenoxy) is 1. The molecule has 1 aliphatic rings. The average molecular weight is 422 g/mol. The lowest BCUT2D eigenvalue weighted by atomic mass is 10.1. The number of aromatic nitrogens is 2. The van der Waals surface area contributed by atoms with Gasteiger partial charge >= 0.3 is 0 Å². The third-order valence-corrected chi connectivity index (χ3v) is 6.14. The van der Waals surface area contributed by atoms with E-state index >= 15 is 0 Å². The van der Waals surface area contributed by atoms with Crippen LogP contribution in [0.1, 0.15) is 30.2 Å². The van der Waals surface area contributed by atoms with E-state index in [0.717, 1.165) is 33.5 Å². The van der Waals surface area contributed by atoms with E-state index in [4.69, 9.17) is 4.74 Å². The normalized spacial score (nSPS) is 16.5. The molecule has 4 rings (SSSR count). The van der Waals surface area contributed by atoms with Crippen LogP contribution in [0.15, 0.2) is 41.6 Å². The number of anilines is 1. The standard InChI is InChI=1S/C23H23N3O3S/c1-5-29-16-7-8-18-17(11-16)15(4)24-23(25-18)30-20-12-21(27)26(22(20)28)19-9-6-13(2)10-14(19)3/h6-11,20H,5,12H2,1-4H3/t20-/m1/s1. The second-order valence-electron chi connectivity index (χ2n) is 7.37. The van der Waals surface area contributed by atoms with Crippen molar-refractivity contribution in [3.05, 3.63) is 53.2 Å². The Hall–Kier alpha value is -2.93. The SMILES string of the molecule is CCOc1ccc2nc(S[C@@H]3CC(=O)N(c4ccc(C)cc4C)C3=O)nc(C)c2c1. The summed E-state index contributed by atoms with van der Waals surface area (Å²) in [6, 6.07) is 11.4. The van der Waals surface area contributed by atoms with Crippen LogP contribution in [0.25, 0.3) is 10.9 Å². The van der Waals surface area contributed by atoms with Gasteiger partial charge in [0.05, 0.1) is 17.8 Å². The van der Waals surface area contributed by atoms with E-state index in [2.05, 4.69) is 9.97 Å². The quantitative estimate of drug-likeness (QED) is 0.450. The molecule has 2 aromatic carbocycles. The Morgan fingerprint density at radius 2 is 1.90 bits per heavy atom. The van der Waals surface area contributed by atoms with Crippen molar-refractivity contribution in [3.8, 4) is 5.75 Å². The summed E-state index contributed by atoms with van der Waals surface area (Å²) in [7, 11) is 0. The smallest absolute Gasteiger partial charge is 0.247 e. The highest BCUT2D eigenvalue weighted by molar-refractivity contribution is 8.00. The minimum atomic E-state index is -0.530. The number of nitrogens with zero attached hydrogens (tertiary/aromatic N) is 3. The summed E-state index contributed by atoms with van der Waals surface area (Å²) in [6.45, 7) is 8.34. The Morgan fingerprint density at radius 3 is 2.63 bits per heavy atom. The molecule has 0 radical (unpaired) electrons. The number of benzene rings is 2. The molecule has 0 bridgehead atoms. The number of aryl methyl sites for hydroxylation is 3. The molecule has 0 unspecified atom stereocenters. The second-order valence-corrected chi connectivity index (χ2v) is 8.54. The fourth-order valence-corrected chi connectivity index (χ4v) is 4.70. The van der Waals surface area contributed by atoms with Gasteiger partial charge in [-0.05, 0) is 57.5 Å². The van der Waals surface area contributed by atoms with E-state index in [-0.39, 0.29) is 18.2 Å². The van der Waals surface area contributed by atoms with Crippen LogP contribution < -0.4 is 9.64 Å². The molecule has 0 saturated carbocycles. The van der Waals surface area contributed by atoms with Crippen LogP contribution in [0.3, 0.4) is 0 Å². The van der Waals surface area contributed by atoms with Gasteiger partial charge < -0.3 is 4.74 Å². The van der Waals surface area contributed by atoms with Crippen molar-refractivity contribution in [2.24, 2.45) is 0 Å². The molecule has 7 heteroatoms. The predicted octanol–water partition coefficient (Wildman–Crippen LogP) is 4.38. The third-order valence-electron chi connectivity index (χ3n) is 5.09. The molecule has 2 amide bonds. The molecule has 0 N–H and O–H groups in total. The molecular weight excluding hydrogens is 398 g/mol. The molecule has 0 aliphatic carbocycles. The number of amides is 2. The van der Waals surface area contributed by atoms with Crippen molar-refractivity contribution >= 4 is 40.2 Å². The van der Waals surface area contributed by atoms with Crippen molar-refractivity contribution in [1.29, 1.82) is 0 Å². The van der Waals surface area contributed by atoms with Crippen LogP contribution >= 0.6 is 11.8 Å². The van der Waals surface area contributed by atoms with Crippen LogP contribution in [0, 0.1) is 20.8 Å². The number of rotatable bonds is 5. The first-order valence-corrected chi connectivity index (χ1v) is 10.8. The van der Waals surface area contributed by atoms with Gasteiger partial charge in [-0.25, -0.2) is 14.9 Å². The molecule has 6 nitrogen and oxygen atoms in total. The molecule has 1 atom stereocenters. The summed E-state index contributed by atoms with van der Waals surface area (Å²) in [5, 5.41) is 0.881. The van der Waals surface area contributed by atoms with E-state index in [0.29, 0.717) is 17.5 Å². The lowest BCUT2D eigenvalue weighted by molar-refractivity contribution is -0.121. The van der Waals surface area contributed by atoms with Crippen LogP contribution in [-0.4, -0.2) is 33.6 Å². The fourth-order valence-electron chi connectivity index (χ4n) is 3.68. The number of carbonyl (C=O) groups is 2. The largest absolute Gasteiger partial charge is 0.494 e. The van der Waals surface area contributed by atoms with Gasteiger partial charge in [-0.15, -0.1) is 0 Å². The van der Waals surface area contributed by atoms with Gasteiger partial charge in [-0.3, -0.25) is 9.59 Å². The van der Waals surface area contributed by atoms with E-state index < -0.39 is 5.25 Å². The minimum absolute atomic E-state index is 0.139. The molecule has 1 saturated heterocycles. The summed E-state index contributed by atoms with van der Waals surface area (Å²) >= 11 is 1.25. The molecule has 3 aromatic rings. The molecule has 0 spiro atoms. The summed E-state index contributed by atoms with van der Waals surface area (Å²) < 4.78 is 5.56. The lowest BCUT2D eigenvalue weighted by Gasteiger charge is -2.17. The van der Waals surface area contributed by atoms with Crippen LogP contribution in [0.5, 0.6) is 5.75 Å². The highest BCUT2D eigenvalue weighted by Crippen LogP contribution is 2.35. The van der Waals surface area contributed by atoms with Crippen molar-refractivity contribution in [2.75, 3.05) is 11.5 Å². The van der Waals surface area contributed by atoms with Gasteiger partial charge in [0, 0.05) is 17.5 Å². The highest BCUT2D eigenvalue weighted by Gasteiger charge is 2.41. The Bertz CT molecular complexity index is 1160. The lowest BCUT2D eigenvalue weighted by Crippen LogP contribution is -2.31. The highest BCUT2D eigenvalue weighted by atomic mass is 32.2. The van der Waals surface area contributed by atoms with Crippen LogP contribution in [0.2, 0.25) is 0 Å². The summed E-state index contributed by atoms with van der Waals surface area (Å²) in [5.41, 5.74) is 4.25. The fraction of sp³-hybridized carbons (Fsp3) is 0.304. The molecule has 30 heavy (non-hydrogen) atoms. The van der Waals surface area contributed by atoms with Crippen molar-refractivity contribution in [3.63, 3.8) is 0 Å². The number of thioether (sulfide) groups is 1. The van der Waals surface area contributed by atoms with Gasteiger partial charge in [0.15, 0.2) is 5.16 Å². The Labute approximate surface area is 179 Å². The van der Waals surface area contributed by atoms with Crippen LogP contribution in [0.4, 0.5) is 5.69 Å². The summed E-state index contributed by atoms with van der Waals surface area (Å²) in [4.78, 5) is 36.1. The van der Waals surface area contributed by atoms with Gasteiger partial charge in [0.25, 0.3) is 0 Å². The van der Waals surface area contributed by atoms with Gasteiger partial charge in [0.1, 0.15) is 11.0 Å². The zero-order chi connectivity index (χ0) is 21.4. The van der Waals surface area contributed by atoms with E-state index in [1.54, 1.807) is 0 Å². The number of hydrogen-bond donors (Lipinski definition) is 0. The van der Waals surface area contributed by atoms with Gasteiger partial charge in [0.2, 0.25) is 11.8 Å². The Morgan fingerprint density at radius 1 is 1.10 bits per heavy atom. The molecule has 1 aliphatic heterocycles. The summed E-state index contributed by atoms with van der Waals surface area (Å²) in [5.74, 6) is 0.367. The van der Waals surface area contributed by atoms with Crippen molar-refractivity contribution in [2.45, 2.75) is 44.5 Å². The maximum atomic E-state index is 13.0. The van der Waals surface area contributed by atoms with Crippen molar-refractivity contribution < 1.29 is 14.3 Å². The van der Waals surface area contributed by atoms with Crippen LogP contribution in [-0.2, 0) is 9.59 Å². The summed E-state index contributed by atoms with van der Waals surface area (Å²) in [6.07, 6.45) is 0.139. The van der Waals surface area contributed by atoms with E-state index in [9.17, 15) is 9.59 Å². The maximum Gasteiger partial charge on any atom is 0.247 e. The second kappa shape index (κ2) is 8.07. The monoisotopic (exact) mass is 421 g/mol. The molecule has 1 fully saturated rings. The third kappa shape index (κ3) is 3.77. The number of hydrogen-bond acceptors (Lipinski definition) is 6. The Balaban J connectivity index is 1.60. The van der Waals surface area contributed by atoms with Crippen molar-refractivity contribution in [1.82, 2.24) is 9.97 Å². The van der Waals surface area contributed by atoms with E-state index in [1.807, 2.05) is 64.1 Å². The number of carbonyl (C=O) groups excluding carboxylic acids is 2. The Kier molecular flexibility index (Phi) is 5.47. The number of imide groups is 1.